The highest BCUT2D eigenvalue weighted by molar-refractivity contribution is 9.09. The number of benzene rings is 1. The molecule has 2 aliphatic rings. The van der Waals surface area contributed by atoms with Crippen LogP contribution in [0.1, 0.15) is 41.5 Å². The van der Waals surface area contributed by atoms with Crippen LogP contribution in [0.4, 0.5) is 0 Å². The average molecular weight is 511 g/mol. The maximum atomic E-state index is 13.1. The van der Waals surface area contributed by atoms with Crippen LogP contribution in [0.3, 0.4) is 0 Å². The number of aliphatic hydroxyl groups is 1. The molecule has 1 N–H and O–H groups in total. The van der Waals surface area contributed by atoms with Gasteiger partial charge in [0.15, 0.2) is 11.3 Å². The molecule has 0 aromatic heterocycles. The Morgan fingerprint density at radius 1 is 1.19 bits per heavy atom. The molecule has 0 radical (unpaired) electrons. The lowest BCUT2D eigenvalue weighted by molar-refractivity contribution is -0.160. The van der Waals surface area contributed by atoms with Crippen molar-refractivity contribution in [2.24, 2.45) is 0 Å². The first kappa shape index (κ1) is 23.0. The number of esters is 1. The molecule has 1 aromatic carbocycles. The molecule has 0 bridgehead atoms. The van der Waals surface area contributed by atoms with Crippen molar-refractivity contribution in [3.63, 3.8) is 0 Å². The molecule has 9 nitrogen and oxygen atoms in total. The topological polar surface area (TPSA) is 121 Å². The standard InChI is InChI=1S/C20H19BrN2O7S/c1-20(2,3)30-19(29)13(12(25)8-21)23-17(28)14(18(23)31-9-24)22-15(26)10-6-4-5-7-11(10)16(22)27/h4-7,9,14,18,25H,8H2,1-3H3. The van der Waals surface area contributed by atoms with E-state index in [0.29, 0.717) is 17.4 Å². The summed E-state index contributed by atoms with van der Waals surface area (Å²) in [6.07, 6.45) is 0. The van der Waals surface area contributed by atoms with Gasteiger partial charge in [0.2, 0.25) is 0 Å². The molecule has 164 valence electrons. The van der Waals surface area contributed by atoms with Crippen LogP contribution < -0.4 is 0 Å². The highest BCUT2D eigenvalue weighted by atomic mass is 79.9. The van der Waals surface area contributed by atoms with Gasteiger partial charge in [-0.2, -0.15) is 0 Å². The van der Waals surface area contributed by atoms with E-state index in [1.165, 1.54) is 12.1 Å². The molecule has 1 fully saturated rings. The predicted molar refractivity (Wildman–Crippen MR) is 115 cm³/mol. The van der Waals surface area contributed by atoms with E-state index < -0.39 is 52.2 Å². The summed E-state index contributed by atoms with van der Waals surface area (Å²) >= 11 is 3.64. The first-order valence-electron chi connectivity index (χ1n) is 9.14. The molecular formula is C20H19BrN2O7S. The highest BCUT2D eigenvalue weighted by Crippen LogP contribution is 2.40. The van der Waals surface area contributed by atoms with E-state index in [1.54, 1.807) is 32.9 Å². The molecule has 2 atom stereocenters. The Labute approximate surface area is 190 Å². The Hall–Kier alpha value is -2.66. The fourth-order valence-electron chi connectivity index (χ4n) is 3.32. The van der Waals surface area contributed by atoms with E-state index in [-0.39, 0.29) is 16.5 Å². The summed E-state index contributed by atoms with van der Waals surface area (Å²) in [6.45, 7) is 4.85. The van der Waals surface area contributed by atoms with Gasteiger partial charge < -0.3 is 9.84 Å². The fourth-order valence-corrected chi connectivity index (χ4v) is 4.42. The number of allylic oxidation sites excluding steroid dienone is 1. The summed E-state index contributed by atoms with van der Waals surface area (Å²) < 4.78 is 5.29. The molecule has 0 spiro atoms. The number of rotatable bonds is 6. The number of hydrogen-bond donors (Lipinski definition) is 1. The summed E-state index contributed by atoms with van der Waals surface area (Å²) in [5.74, 6) is -3.58. The number of nitrogens with zero attached hydrogens (tertiary/aromatic N) is 2. The molecule has 2 unspecified atom stereocenters. The van der Waals surface area contributed by atoms with Gasteiger partial charge in [-0.15, -0.1) is 0 Å². The van der Waals surface area contributed by atoms with Crippen molar-refractivity contribution in [3.8, 4) is 0 Å². The first-order chi connectivity index (χ1) is 14.5. The predicted octanol–water partition coefficient (Wildman–Crippen LogP) is 2.25. The third kappa shape index (κ3) is 3.99. The number of hydrogen-bond acceptors (Lipinski definition) is 8. The van der Waals surface area contributed by atoms with E-state index >= 15 is 0 Å². The second kappa shape index (κ2) is 8.46. The minimum atomic E-state index is -1.32. The van der Waals surface area contributed by atoms with Crippen molar-refractivity contribution in [2.75, 3.05) is 5.33 Å². The maximum Gasteiger partial charge on any atom is 0.359 e. The number of amides is 3. The Morgan fingerprint density at radius 2 is 1.74 bits per heavy atom. The lowest BCUT2D eigenvalue weighted by Gasteiger charge is -2.48. The van der Waals surface area contributed by atoms with E-state index in [0.717, 1.165) is 9.80 Å². The summed E-state index contributed by atoms with van der Waals surface area (Å²) in [5.41, 5.74) is -0.630. The van der Waals surface area contributed by atoms with Crippen LogP contribution in [0, 0.1) is 0 Å². The van der Waals surface area contributed by atoms with Gasteiger partial charge in [0, 0.05) is 0 Å². The first-order valence-corrected chi connectivity index (χ1v) is 11.2. The van der Waals surface area contributed by atoms with Gasteiger partial charge in [-0.1, -0.05) is 39.8 Å². The number of likely N-dealkylation sites (tertiary alicyclic amines) is 1. The number of ether oxygens (including phenoxy) is 1. The van der Waals surface area contributed by atoms with Gasteiger partial charge in [-0.05, 0) is 32.9 Å². The number of thioether (sulfide) groups is 1. The molecule has 2 heterocycles. The maximum absolute atomic E-state index is 13.1. The summed E-state index contributed by atoms with van der Waals surface area (Å²) in [6, 6.07) is 4.82. The molecule has 1 aromatic rings. The van der Waals surface area contributed by atoms with Crippen LogP contribution in [0.5, 0.6) is 0 Å². The van der Waals surface area contributed by atoms with Crippen molar-refractivity contribution in [3.05, 3.63) is 46.8 Å². The fraction of sp³-hybridized carbons (Fsp3) is 0.350. The van der Waals surface area contributed by atoms with Crippen LogP contribution in [-0.2, 0) is 19.1 Å². The van der Waals surface area contributed by atoms with E-state index in [4.69, 9.17) is 4.74 Å². The van der Waals surface area contributed by atoms with Gasteiger partial charge in [0.1, 0.15) is 22.8 Å². The smallest absolute Gasteiger partial charge is 0.359 e. The normalized spacial score (nSPS) is 21.5. The SMILES string of the molecule is CC(C)(C)OC(=O)C(=C(O)CBr)N1C(=O)C(N2C(=O)c3ccccc3C2=O)C1SC=O. The van der Waals surface area contributed by atoms with E-state index in [1.807, 2.05) is 0 Å². The average Bonchev–Trinajstić information content (AvgIpc) is 2.95. The van der Waals surface area contributed by atoms with E-state index in [2.05, 4.69) is 15.9 Å². The molecule has 0 aliphatic carbocycles. The molecule has 11 heteroatoms. The van der Waals surface area contributed by atoms with Crippen molar-refractivity contribution in [1.29, 1.82) is 0 Å². The molecule has 2 aliphatic heterocycles. The van der Waals surface area contributed by atoms with Crippen LogP contribution in [0.2, 0.25) is 0 Å². The molecule has 1 saturated heterocycles. The van der Waals surface area contributed by atoms with Gasteiger partial charge in [-0.25, -0.2) is 4.79 Å². The largest absolute Gasteiger partial charge is 0.509 e. The van der Waals surface area contributed by atoms with Crippen molar-refractivity contribution < 1.29 is 33.8 Å². The van der Waals surface area contributed by atoms with Crippen molar-refractivity contribution >= 4 is 57.0 Å². The Kier molecular flexibility index (Phi) is 6.28. The van der Waals surface area contributed by atoms with Gasteiger partial charge in [0.25, 0.3) is 17.7 Å². The number of carbonyl (C=O) groups is 5. The molecule has 0 saturated carbocycles. The van der Waals surface area contributed by atoms with E-state index in [9.17, 15) is 29.1 Å². The van der Waals surface area contributed by atoms with Gasteiger partial charge in [0.05, 0.1) is 16.5 Å². The van der Waals surface area contributed by atoms with Crippen LogP contribution in [0.25, 0.3) is 0 Å². The number of β-lactam (4-membered cyclic amide) rings is 1. The Balaban J connectivity index is 1.99. The molecule has 3 amide bonds. The number of carbonyl (C=O) groups excluding carboxylic acids is 5. The van der Waals surface area contributed by atoms with Crippen LogP contribution in [-0.4, -0.2) is 66.6 Å². The zero-order chi connectivity index (χ0) is 23.1. The zero-order valence-corrected chi connectivity index (χ0v) is 19.2. The summed E-state index contributed by atoms with van der Waals surface area (Å²) in [4.78, 5) is 64.4. The quantitative estimate of drug-likeness (QED) is 0.117. The number of aliphatic hydroxyl groups excluding tert-OH is 1. The second-order valence-electron chi connectivity index (χ2n) is 7.73. The number of imide groups is 1. The summed E-state index contributed by atoms with van der Waals surface area (Å²) in [7, 11) is 0. The lowest BCUT2D eigenvalue weighted by Crippen LogP contribution is -2.70. The Bertz CT molecular complexity index is 982. The van der Waals surface area contributed by atoms with Gasteiger partial charge in [-0.3, -0.25) is 29.0 Å². The summed E-state index contributed by atoms with van der Waals surface area (Å²) in [5, 5.41) is 9.05. The monoisotopic (exact) mass is 510 g/mol. The lowest BCUT2D eigenvalue weighted by atomic mass is 10.0. The van der Waals surface area contributed by atoms with Crippen LogP contribution in [0.15, 0.2) is 35.7 Å². The minimum absolute atomic E-state index is 0.153. The minimum Gasteiger partial charge on any atom is -0.509 e. The second-order valence-corrected chi connectivity index (χ2v) is 9.24. The number of fused-ring (bicyclic) bond motifs is 1. The Morgan fingerprint density at radius 3 is 2.19 bits per heavy atom. The third-order valence-electron chi connectivity index (χ3n) is 4.55. The van der Waals surface area contributed by atoms with Crippen molar-refractivity contribution in [1.82, 2.24) is 9.80 Å². The molecule has 31 heavy (non-hydrogen) atoms. The number of halogens is 1. The number of alkyl halides is 1. The molecular weight excluding hydrogens is 492 g/mol. The van der Waals surface area contributed by atoms with Crippen LogP contribution >= 0.6 is 27.7 Å². The highest BCUT2D eigenvalue weighted by Gasteiger charge is 2.59. The zero-order valence-electron chi connectivity index (χ0n) is 16.8. The third-order valence-corrected chi connectivity index (χ3v) is 5.94. The van der Waals surface area contributed by atoms with Gasteiger partial charge >= 0.3 is 5.97 Å². The molecule has 3 rings (SSSR count). The van der Waals surface area contributed by atoms with Crippen molar-refractivity contribution in [2.45, 2.75) is 37.8 Å².